The summed E-state index contributed by atoms with van der Waals surface area (Å²) in [5, 5.41) is 1.89. The number of aromatic nitrogens is 1. The Hall–Kier alpha value is -2.38. The molecule has 0 saturated heterocycles. The monoisotopic (exact) mass is 374 g/mol. The van der Waals surface area contributed by atoms with Gasteiger partial charge in [-0.3, -0.25) is 9.52 Å². The van der Waals surface area contributed by atoms with Gasteiger partial charge in [0.15, 0.2) is 0 Å². The van der Waals surface area contributed by atoms with Crippen LogP contribution in [-0.2, 0) is 23.5 Å². The van der Waals surface area contributed by atoms with Crippen molar-refractivity contribution in [3.05, 3.63) is 75.7 Å². The highest BCUT2D eigenvalue weighted by atomic mass is 32.2. The van der Waals surface area contributed by atoms with Crippen LogP contribution in [-0.4, -0.2) is 25.0 Å². The number of nitrogens with one attached hydrogen (secondary N) is 1. The Balaban J connectivity index is 1.77. The van der Waals surface area contributed by atoms with E-state index in [2.05, 4.69) is 4.72 Å². The number of hydrogen-bond acceptors (Lipinski definition) is 4. The number of sulfonamides is 1. The van der Waals surface area contributed by atoms with E-state index in [0.29, 0.717) is 17.8 Å². The molecule has 1 aromatic carbocycles. The van der Waals surface area contributed by atoms with Crippen molar-refractivity contribution in [2.75, 3.05) is 11.0 Å². The maximum absolute atomic E-state index is 12.5. The van der Waals surface area contributed by atoms with Gasteiger partial charge in [0.25, 0.3) is 0 Å². The molecule has 0 radical (unpaired) electrons. The molecule has 130 valence electrons. The van der Waals surface area contributed by atoms with Crippen LogP contribution >= 0.6 is 11.3 Å². The summed E-state index contributed by atoms with van der Waals surface area (Å²) in [7, 11) is -1.39. The number of hydrogen-bond donors (Lipinski definition) is 1. The largest absolute Gasteiger partial charge is 0.345 e. The molecule has 0 aliphatic heterocycles. The molecule has 5 nitrogen and oxygen atoms in total. The first-order valence-electron chi connectivity index (χ1n) is 7.63. The first-order chi connectivity index (χ1) is 11.8. The Kier molecular flexibility index (Phi) is 4.78. The molecule has 3 aromatic rings. The molecule has 0 fully saturated rings. The highest BCUT2D eigenvalue weighted by molar-refractivity contribution is 7.92. The minimum atomic E-state index is -3.27. The Morgan fingerprint density at radius 2 is 1.84 bits per heavy atom. The van der Waals surface area contributed by atoms with Crippen molar-refractivity contribution < 1.29 is 13.2 Å². The Bertz CT molecular complexity index is 986. The zero-order chi connectivity index (χ0) is 18.0. The lowest BCUT2D eigenvalue weighted by Gasteiger charge is -2.08. The van der Waals surface area contributed by atoms with Gasteiger partial charge in [0.05, 0.1) is 16.8 Å². The summed E-state index contributed by atoms with van der Waals surface area (Å²) in [6.07, 6.45) is 1.78. The smallest absolute Gasteiger partial charge is 0.229 e. The van der Waals surface area contributed by atoms with Crippen molar-refractivity contribution in [1.29, 1.82) is 0 Å². The number of anilines is 1. The fourth-order valence-corrected chi connectivity index (χ4v) is 3.84. The van der Waals surface area contributed by atoms with E-state index in [-0.39, 0.29) is 5.78 Å². The summed E-state index contributed by atoms with van der Waals surface area (Å²) in [5.41, 5.74) is 3.25. The number of nitrogens with zero attached hydrogens (tertiary/aromatic N) is 1. The van der Waals surface area contributed by atoms with Crippen LogP contribution in [0.1, 0.15) is 26.6 Å². The third-order valence-electron chi connectivity index (χ3n) is 3.85. The van der Waals surface area contributed by atoms with Gasteiger partial charge in [-0.25, -0.2) is 8.42 Å². The molecule has 0 bridgehead atoms. The van der Waals surface area contributed by atoms with Crippen molar-refractivity contribution in [2.24, 2.45) is 7.05 Å². The molecular formula is C18H18N2O3S2. The maximum atomic E-state index is 12.5. The molecule has 0 amide bonds. The zero-order valence-corrected chi connectivity index (χ0v) is 15.5. The normalized spacial score (nSPS) is 11.4. The fraction of sp³-hybridized carbons (Fsp3) is 0.167. The third kappa shape index (κ3) is 4.18. The molecule has 0 aliphatic rings. The van der Waals surface area contributed by atoms with E-state index in [0.717, 1.165) is 22.4 Å². The van der Waals surface area contributed by atoms with Gasteiger partial charge in [-0.05, 0) is 41.3 Å². The number of carbonyl (C=O) groups is 1. The van der Waals surface area contributed by atoms with Gasteiger partial charge >= 0.3 is 0 Å². The standard InChI is InChI=1S/C18H18N2O3S2/c1-20-15(9-10-16(20)18(21)17-4-3-11-24-17)12-13-5-7-14(8-6-13)19-25(2,22)23/h3-11,19H,12H2,1-2H3. The van der Waals surface area contributed by atoms with E-state index in [1.54, 1.807) is 12.1 Å². The lowest BCUT2D eigenvalue weighted by Crippen LogP contribution is -2.09. The van der Waals surface area contributed by atoms with Crippen LogP contribution in [0, 0.1) is 0 Å². The fourth-order valence-electron chi connectivity index (χ4n) is 2.61. The van der Waals surface area contributed by atoms with Crippen LogP contribution in [0.4, 0.5) is 5.69 Å². The van der Waals surface area contributed by atoms with Gasteiger partial charge in [-0.2, -0.15) is 0 Å². The minimum Gasteiger partial charge on any atom is -0.345 e. The second-order valence-corrected chi connectivity index (χ2v) is 8.52. The van der Waals surface area contributed by atoms with Crippen LogP contribution in [0.15, 0.2) is 53.9 Å². The lowest BCUT2D eigenvalue weighted by molar-refractivity contribution is 0.103. The number of benzene rings is 1. The summed E-state index contributed by atoms with van der Waals surface area (Å²) in [6, 6.07) is 14.7. The van der Waals surface area contributed by atoms with E-state index >= 15 is 0 Å². The topological polar surface area (TPSA) is 68.2 Å². The van der Waals surface area contributed by atoms with Crippen molar-refractivity contribution in [3.8, 4) is 0 Å². The van der Waals surface area contributed by atoms with Gasteiger partial charge in [0, 0.05) is 24.8 Å². The molecule has 1 N–H and O–H groups in total. The molecule has 0 aliphatic carbocycles. The number of carbonyl (C=O) groups excluding carboxylic acids is 1. The molecule has 3 rings (SSSR count). The molecule has 2 heterocycles. The number of thiophene rings is 1. The predicted octanol–water partition coefficient (Wildman–Crippen LogP) is 3.28. The summed E-state index contributed by atoms with van der Waals surface area (Å²) in [6.45, 7) is 0. The zero-order valence-electron chi connectivity index (χ0n) is 13.9. The quantitative estimate of drug-likeness (QED) is 0.673. The molecule has 0 atom stereocenters. The second-order valence-electron chi connectivity index (χ2n) is 5.82. The van der Waals surface area contributed by atoms with Crippen LogP contribution in [0.25, 0.3) is 0 Å². The Morgan fingerprint density at radius 3 is 2.44 bits per heavy atom. The van der Waals surface area contributed by atoms with E-state index in [1.807, 2.05) is 53.4 Å². The van der Waals surface area contributed by atoms with Crippen LogP contribution in [0.5, 0.6) is 0 Å². The summed E-state index contributed by atoms with van der Waals surface area (Å²) < 4.78 is 26.8. The third-order valence-corrected chi connectivity index (χ3v) is 5.32. The summed E-state index contributed by atoms with van der Waals surface area (Å²) in [4.78, 5) is 13.2. The van der Waals surface area contributed by atoms with Crippen LogP contribution < -0.4 is 4.72 Å². The predicted molar refractivity (Wildman–Crippen MR) is 101 cm³/mol. The van der Waals surface area contributed by atoms with Gasteiger partial charge < -0.3 is 4.57 Å². The van der Waals surface area contributed by atoms with Crippen LogP contribution in [0.2, 0.25) is 0 Å². The molecule has 0 saturated carbocycles. The average molecular weight is 374 g/mol. The first-order valence-corrected chi connectivity index (χ1v) is 10.4. The van der Waals surface area contributed by atoms with Crippen molar-refractivity contribution in [1.82, 2.24) is 4.57 Å². The molecule has 0 unspecified atom stereocenters. The minimum absolute atomic E-state index is 0.0245. The highest BCUT2D eigenvalue weighted by Crippen LogP contribution is 2.19. The van der Waals surface area contributed by atoms with Crippen molar-refractivity contribution >= 4 is 32.8 Å². The van der Waals surface area contributed by atoms with Gasteiger partial charge in [0.2, 0.25) is 15.8 Å². The SMILES string of the molecule is Cn1c(Cc2ccc(NS(C)(=O)=O)cc2)ccc1C(=O)c1cccs1. The Morgan fingerprint density at radius 1 is 1.12 bits per heavy atom. The summed E-state index contributed by atoms with van der Waals surface area (Å²) in [5.74, 6) is 0.0245. The maximum Gasteiger partial charge on any atom is 0.229 e. The van der Waals surface area contributed by atoms with Crippen molar-refractivity contribution in [2.45, 2.75) is 6.42 Å². The highest BCUT2D eigenvalue weighted by Gasteiger charge is 2.15. The number of rotatable bonds is 6. The molecule has 25 heavy (non-hydrogen) atoms. The lowest BCUT2D eigenvalue weighted by atomic mass is 10.1. The van der Waals surface area contributed by atoms with E-state index < -0.39 is 10.0 Å². The van der Waals surface area contributed by atoms with Gasteiger partial charge in [-0.15, -0.1) is 11.3 Å². The number of ketones is 1. The molecule has 2 aromatic heterocycles. The van der Waals surface area contributed by atoms with Crippen molar-refractivity contribution in [3.63, 3.8) is 0 Å². The molecule has 7 heteroatoms. The van der Waals surface area contributed by atoms with E-state index in [9.17, 15) is 13.2 Å². The van der Waals surface area contributed by atoms with Crippen LogP contribution in [0.3, 0.4) is 0 Å². The van der Waals surface area contributed by atoms with E-state index in [4.69, 9.17) is 0 Å². The second kappa shape index (κ2) is 6.85. The summed E-state index contributed by atoms with van der Waals surface area (Å²) >= 11 is 1.43. The Labute approximate surface area is 151 Å². The van der Waals surface area contributed by atoms with Gasteiger partial charge in [0.1, 0.15) is 0 Å². The average Bonchev–Trinajstić information content (AvgIpc) is 3.18. The van der Waals surface area contributed by atoms with E-state index in [1.165, 1.54) is 11.3 Å². The molecule has 0 spiro atoms. The first kappa shape index (κ1) is 17.4. The van der Waals surface area contributed by atoms with Gasteiger partial charge in [-0.1, -0.05) is 18.2 Å². The molecular weight excluding hydrogens is 356 g/mol.